The zero-order valence-electron chi connectivity index (χ0n) is 6.52. The van der Waals surface area contributed by atoms with Crippen molar-refractivity contribution in [1.29, 1.82) is 0 Å². The van der Waals surface area contributed by atoms with Gasteiger partial charge in [0.2, 0.25) is 0 Å². The summed E-state index contributed by atoms with van der Waals surface area (Å²) in [6, 6.07) is 0. The van der Waals surface area contributed by atoms with Gasteiger partial charge in [-0.25, -0.2) is 0 Å². The summed E-state index contributed by atoms with van der Waals surface area (Å²) in [4.78, 5) is 0. The molecule has 0 bridgehead atoms. The van der Waals surface area contributed by atoms with E-state index >= 15 is 0 Å². The summed E-state index contributed by atoms with van der Waals surface area (Å²) in [6.45, 7) is 6.43. The van der Waals surface area contributed by atoms with Crippen molar-refractivity contribution in [2.45, 2.75) is 39.2 Å². The van der Waals surface area contributed by atoms with Crippen LogP contribution in [0, 0.1) is 11.8 Å². The lowest BCUT2D eigenvalue weighted by atomic mass is 10.0. The van der Waals surface area contributed by atoms with Crippen LogP contribution in [0.4, 0.5) is 0 Å². The van der Waals surface area contributed by atoms with E-state index in [1.807, 2.05) is 0 Å². The van der Waals surface area contributed by atoms with E-state index in [1.165, 1.54) is 0 Å². The lowest BCUT2D eigenvalue weighted by Crippen LogP contribution is -2.12. The van der Waals surface area contributed by atoms with Gasteiger partial charge in [0.05, 0.1) is 5.60 Å². The Balaban J connectivity index is 2.29. The topological polar surface area (TPSA) is 20.2 Å². The molecule has 0 aliphatic heterocycles. The molecular formula is C8H16O. The van der Waals surface area contributed by atoms with Crippen molar-refractivity contribution in [3.05, 3.63) is 0 Å². The fraction of sp³-hybridized carbons (Fsp3) is 1.00. The minimum absolute atomic E-state index is 0.270. The molecule has 0 heterocycles. The quantitative estimate of drug-likeness (QED) is 0.601. The molecule has 1 rings (SSSR count). The van der Waals surface area contributed by atoms with Gasteiger partial charge in [0.25, 0.3) is 0 Å². The molecule has 0 saturated heterocycles. The lowest BCUT2D eigenvalue weighted by molar-refractivity contribution is 0.109. The second-order valence-corrected chi connectivity index (χ2v) is 3.81. The van der Waals surface area contributed by atoms with Gasteiger partial charge in [-0.1, -0.05) is 20.8 Å². The Hall–Kier alpha value is -0.0400. The van der Waals surface area contributed by atoms with Gasteiger partial charge in [-0.3, -0.25) is 0 Å². The summed E-state index contributed by atoms with van der Waals surface area (Å²) in [7, 11) is 0. The first-order chi connectivity index (χ1) is 4.04. The van der Waals surface area contributed by atoms with Gasteiger partial charge in [-0.05, 0) is 24.7 Å². The average Bonchev–Trinajstić information content (AvgIpc) is 2.10. The van der Waals surface area contributed by atoms with Gasteiger partial charge in [-0.2, -0.15) is 0 Å². The molecule has 1 saturated carbocycles. The fourth-order valence-corrected chi connectivity index (χ4v) is 1.46. The van der Waals surface area contributed by atoms with Crippen LogP contribution < -0.4 is 0 Å². The highest BCUT2D eigenvalue weighted by molar-refractivity contribution is 5.00. The Morgan fingerprint density at radius 3 is 2.22 bits per heavy atom. The Morgan fingerprint density at radius 2 is 2.11 bits per heavy atom. The van der Waals surface area contributed by atoms with Crippen LogP contribution in [0.2, 0.25) is 0 Å². The average molecular weight is 128 g/mol. The molecule has 54 valence electrons. The van der Waals surface area contributed by atoms with Crippen molar-refractivity contribution in [2.75, 3.05) is 0 Å². The van der Waals surface area contributed by atoms with Gasteiger partial charge < -0.3 is 5.11 Å². The van der Waals surface area contributed by atoms with Crippen LogP contribution in [0.25, 0.3) is 0 Å². The Kier molecular flexibility index (Phi) is 1.55. The van der Waals surface area contributed by atoms with E-state index < -0.39 is 0 Å². The normalized spacial score (nSPS) is 41.7. The Labute approximate surface area is 57.1 Å². The summed E-state index contributed by atoms with van der Waals surface area (Å²) in [6.07, 6.45) is 2.00. The van der Waals surface area contributed by atoms with E-state index in [0.717, 1.165) is 12.8 Å². The van der Waals surface area contributed by atoms with Crippen molar-refractivity contribution in [3.8, 4) is 0 Å². The zero-order chi connectivity index (χ0) is 7.07. The van der Waals surface area contributed by atoms with Crippen molar-refractivity contribution in [3.63, 3.8) is 0 Å². The van der Waals surface area contributed by atoms with Crippen molar-refractivity contribution in [2.24, 2.45) is 11.8 Å². The van der Waals surface area contributed by atoms with Gasteiger partial charge in [0.15, 0.2) is 0 Å². The van der Waals surface area contributed by atoms with Crippen molar-refractivity contribution < 1.29 is 5.11 Å². The zero-order valence-corrected chi connectivity index (χ0v) is 6.52. The third-order valence-electron chi connectivity index (χ3n) is 2.18. The second-order valence-electron chi connectivity index (χ2n) is 3.81. The summed E-state index contributed by atoms with van der Waals surface area (Å²) in [5.41, 5.74) is -0.270. The highest BCUT2D eigenvalue weighted by Gasteiger charge is 2.49. The predicted molar refractivity (Wildman–Crippen MR) is 38.2 cm³/mol. The smallest absolute Gasteiger partial charge is 0.0680 e. The van der Waals surface area contributed by atoms with E-state index in [-0.39, 0.29) is 5.60 Å². The minimum atomic E-state index is -0.270. The van der Waals surface area contributed by atoms with E-state index in [1.54, 1.807) is 0 Å². The van der Waals surface area contributed by atoms with E-state index in [9.17, 15) is 5.11 Å². The predicted octanol–water partition coefficient (Wildman–Crippen LogP) is 1.80. The highest BCUT2D eigenvalue weighted by atomic mass is 16.3. The third-order valence-corrected chi connectivity index (χ3v) is 2.18. The monoisotopic (exact) mass is 128 g/mol. The molecule has 1 aliphatic carbocycles. The molecule has 0 aromatic heterocycles. The summed E-state index contributed by atoms with van der Waals surface area (Å²) < 4.78 is 0. The molecular weight excluding hydrogens is 112 g/mol. The maximum Gasteiger partial charge on any atom is 0.0680 e. The molecule has 1 aliphatic rings. The minimum Gasteiger partial charge on any atom is -0.390 e. The maximum absolute atomic E-state index is 9.57. The van der Waals surface area contributed by atoms with Gasteiger partial charge in [0, 0.05) is 0 Å². The number of aliphatic hydroxyl groups is 1. The van der Waals surface area contributed by atoms with Crippen molar-refractivity contribution in [1.82, 2.24) is 0 Å². The molecule has 1 fully saturated rings. The second kappa shape index (κ2) is 1.98. The lowest BCUT2D eigenvalue weighted by Gasteiger charge is -2.10. The summed E-state index contributed by atoms with van der Waals surface area (Å²) in [5.74, 6) is 1.19. The van der Waals surface area contributed by atoms with Crippen molar-refractivity contribution >= 4 is 0 Å². The van der Waals surface area contributed by atoms with Crippen LogP contribution in [0.5, 0.6) is 0 Å². The number of rotatable bonds is 2. The molecule has 2 unspecified atom stereocenters. The van der Waals surface area contributed by atoms with Crippen LogP contribution in [0.15, 0.2) is 0 Å². The number of hydrogen-bond donors (Lipinski definition) is 1. The standard InChI is InChI=1S/C8H16O/c1-6(2)4-8(9)5-7(8)3/h6-7,9H,4-5H2,1-3H3. The van der Waals surface area contributed by atoms with Crippen LogP contribution in [-0.2, 0) is 0 Å². The van der Waals surface area contributed by atoms with Crippen LogP contribution >= 0.6 is 0 Å². The van der Waals surface area contributed by atoms with Gasteiger partial charge >= 0.3 is 0 Å². The molecule has 0 aromatic carbocycles. The Bertz CT molecular complexity index is 109. The summed E-state index contributed by atoms with van der Waals surface area (Å²) >= 11 is 0. The molecule has 0 radical (unpaired) electrons. The SMILES string of the molecule is CC(C)CC1(O)CC1C. The largest absolute Gasteiger partial charge is 0.390 e. The van der Waals surface area contributed by atoms with Crippen LogP contribution in [0.1, 0.15) is 33.6 Å². The van der Waals surface area contributed by atoms with E-state index in [4.69, 9.17) is 0 Å². The van der Waals surface area contributed by atoms with Gasteiger partial charge in [-0.15, -0.1) is 0 Å². The van der Waals surface area contributed by atoms with Crippen LogP contribution in [0.3, 0.4) is 0 Å². The third kappa shape index (κ3) is 1.45. The van der Waals surface area contributed by atoms with E-state index in [2.05, 4.69) is 20.8 Å². The molecule has 0 aromatic rings. The maximum atomic E-state index is 9.57. The molecule has 1 N–H and O–H groups in total. The first-order valence-electron chi connectivity index (χ1n) is 3.77. The Morgan fingerprint density at radius 1 is 1.67 bits per heavy atom. The van der Waals surface area contributed by atoms with Gasteiger partial charge in [0.1, 0.15) is 0 Å². The summed E-state index contributed by atoms with van der Waals surface area (Å²) in [5, 5.41) is 9.57. The first-order valence-corrected chi connectivity index (χ1v) is 3.77. The molecule has 1 nitrogen and oxygen atoms in total. The highest BCUT2D eigenvalue weighted by Crippen LogP contribution is 2.47. The molecule has 2 atom stereocenters. The van der Waals surface area contributed by atoms with E-state index in [0.29, 0.717) is 11.8 Å². The molecule has 1 heteroatoms. The fourth-order valence-electron chi connectivity index (χ4n) is 1.46. The number of hydrogen-bond acceptors (Lipinski definition) is 1. The molecule has 9 heavy (non-hydrogen) atoms. The molecule has 0 spiro atoms. The van der Waals surface area contributed by atoms with Crippen LogP contribution in [-0.4, -0.2) is 10.7 Å². The molecule has 0 amide bonds. The first kappa shape index (κ1) is 7.07.